The van der Waals surface area contributed by atoms with E-state index < -0.39 is 0 Å². The molecule has 0 fully saturated rings. The third kappa shape index (κ3) is 4.03. The summed E-state index contributed by atoms with van der Waals surface area (Å²) >= 11 is 0. The number of nitrogens with zero attached hydrogens (tertiary/aromatic N) is 2. The number of methoxy groups -OCH3 is 1. The van der Waals surface area contributed by atoms with E-state index in [-0.39, 0.29) is 6.23 Å². The molecule has 0 spiro atoms. The number of amidine groups is 2. The van der Waals surface area contributed by atoms with Crippen LogP contribution in [0, 0.1) is 0 Å². The summed E-state index contributed by atoms with van der Waals surface area (Å²) in [6.45, 7) is 6.48. The first-order valence-corrected chi connectivity index (χ1v) is 6.14. The van der Waals surface area contributed by atoms with Crippen molar-refractivity contribution < 1.29 is 9.47 Å². The molecule has 0 radical (unpaired) electrons. The second-order valence-electron chi connectivity index (χ2n) is 4.08. The number of hydrogen-bond donors (Lipinski definition) is 2. The van der Waals surface area contributed by atoms with Gasteiger partial charge in [0.1, 0.15) is 11.9 Å². The van der Waals surface area contributed by atoms with Crippen molar-refractivity contribution >= 4 is 11.9 Å². The molecule has 1 atom stereocenters. The van der Waals surface area contributed by atoms with Gasteiger partial charge in [0.25, 0.3) is 6.02 Å². The fourth-order valence-electron chi connectivity index (χ4n) is 1.43. The van der Waals surface area contributed by atoms with Crippen LogP contribution in [0.1, 0.15) is 33.6 Å². The molecule has 0 saturated carbocycles. The second kappa shape index (κ2) is 7.00. The van der Waals surface area contributed by atoms with Crippen molar-refractivity contribution in [1.82, 2.24) is 5.32 Å². The third-order valence-corrected chi connectivity index (χ3v) is 2.40. The Hall–Kier alpha value is -1.56. The molecule has 1 unspecified atom stereocenters. The summed E-state index contributed by atoms with van der Waals surface area (Å²) in [5.41, 5.74) is 6.96. The second-order valence-corrected chi connectivity index (χ2v) is 4.08. The summed E-state index contributed by atoms with van der Waals surface area (Å²) in [5.74, 6) is 0.593. The van der Waals surface area contributed by atoms with E-state index in [0.717, 1.165) is 12.8 Å². The highest BCUT2D eigenvalue weighted by Gasteiger charge is 2.21. The minimum absolute atomic E-state index is 0.236. The molecule has 0 aromatic rings. The molecule has 1 aliphatic rings. The zero-order valence-electron chi connectivity index (χ0n) is 11.5. The standard InChI is InChI=1S/C12H22N4O2/c1-5-6-7-18-9(3)14-11-10(8(2)13)15-12(16-11)17-4/h9H,5-7,13H2,1-4H3,(H,14,15,16)/b10-8-. The summed E-state index contributed by atoms with van der Waals surface area (Å²) in [6, 6.07) is 0.398. The molecule has 1 rings (SSSR count). The van der Waals surface area contributed by atoms with E-state index in [0.29, 0.717) is 29.9 Å². The normalized spacial score (nSPS) is 21.6. The molecule has 0 saturated heterocycles. The number of nitrogens with two attached hydrogens (primary N) is 1. The summed E-state index contributed by atoms with van der Waals surface area (Å²) < 4.78 is 10.6. The number of rotatable bonds is 5. The van der Waals surface area contributed by atoms with E-state index in [9.17, 15) is 0 Å². The van der Waals surface area contributed by atoms with Crippen molar-refractivity contribution in [2.24, 2.45) is 15.7 Å². The predicted molar refractivity (Wildman–Crippen MR) is 72.2 cm³/mol. The molecule has 3 N–H and O–H groups in total. The Morgan fingerprint density at radius 1 is 1.56 bits per heavy atom. The fraction of sp³-hybridized carbons (Fsp3) is 0.667. The van der Waals surface area contributed by atoms with Gasteiger partial charge in [-0.05, 0) is 20.3 Å². The lowest BCUT2D eigenvalue weighted by molar-refractivity contribution is 0.0702. The molecular weight excluding hydrogens is 232 g/mol. The van der Waals surface area contributed by atoms with Crippen LogP contribution in [0.25, 0.3) is 0 Å². The molecular formula is C12H22N4O2. The van der Waals surface area contributed by atoms with Gasteiger partial charge in [0.2, 0.25) is 0 Å². The molecule has 0 aliphatic carbocycles. The zero-order chi connectivity index (χ0) is 13.5. The highest BCUT2D eigenvalue weighted by Crippen LogP contribution is 2.11. The van der Waals surface area contributed by atoms with E-state index >= 15 is 0 Å². The average molecular weight is 254 g/mol. The minimum Gasteiger partial charge on any atom is -0.468 e. The molecule has 18 heavy (non-hydrogen) atoms. The van der Waals surface area contributed by atoms with Gasteiger partial charge in [0.05, 0.1) is 7.11 Å². The number of hydrogen-bond acceptors (Lipinski definition) is 5. The van der Waals surface area contributed by atoms with Crippen LogP contribution >= 0.6 is 0 Å². The number of ether oxygens (including phenoxy) is 2. The Morgan fingerprint density at radius 3 is 2.83 bits per heavy atom. The van der Waals surface area contributed by atoms with Crippen LogP contribution in [0.15, 0.2) is 21.4 Å². The van der Waals surface area contributed by atoms with Crippen LogP contribution in [0.4, 0.5) is 0 Å². The predicted octanol–water partition coefficient (Wildman–Crippen LogP) is 1.34. The van der Waals surface area contributed by atoms with Crippen molar-refractivity contribution in [3.8, 4) is 0 Å². The number of aliphatic imine (C=N–C) groups is 2. The van der Waals surface area contributed by atoms with Crippen LogP contribution in [-0.4, -0.2) is 31.8 Å². The van der Waals surface area contributed by atoms with Gasteiger partial charge in [-0.1, -0.05) is 13.3 Å². The van der Waals surface area contributed by atoms with Gasteiger partial charge < -0.3 is 15.2 Å². The van der Waals surface area contributed by atoms with Crippen molar-refractivity contribution in [2.45, 2.75) is 39.8 Å². The number of nitrogens with one attached hydrogen (secondary N) is 1. The molecule has 1 heterocycles. The van der Waals surface area contributed by atoms with Gasteiger partial charge in [0.15, 0.2) is 5.84 Å². The highest BCUT2D eigenvalue weighted by molar-refractivity contribution is 6.13. The first-order valence-electron chi connectivity index (χ1n) is 6.14. The smallest absolute Gasteiger partial charge is 0.295 e. The molecule has 6 nitrogen and oxygen atoms in total. The van der Waals surface area contributed by atoms with Gasteiger partial charge in [-0.2, -0.15) is 4.99 Å². The lowest BCUT2D eigenvalue weighted by Crippen LogP contribution is -2.28. The van der Waals surface area contributed by atoms with Crippen LogP contribution in [0.5, 0.6) is 0 Å². The number of allylic oxidation sites excluding steroid dienone is 1. The summed E-state index contributed by atoms with van der Waals surface area (Å²) in [5, 5.41) is 2.95. The monoisotopic (exact) mass is 254 g/mol. The van der Waals surface area contributed by atoms with Gasteiger partial charge in [0, 0.05) is 12.3 Å². The highest BCUT2D eigenvalue weighted by atomic mass is 16.5. The molecule has 0 aromatic heterocycles. The largest absolute Gasteiger partial charge is 0.468 e. The van der Waals surface area contributed by atoms with Gasteiger partial charge in [-0.15, -0.1) is 0 Å². The van der Waals surface area contributed by atoms with Crippen molar-refractivity contribution in [3.63, 3.8) is 0 Å². The lowest BCUT2D eigenvalue weighted by Gasteiger charge is -2.10. The fourth-order valence-corrected chi connectivity index (χ4v) is 1.43. The Kier molecular flexibility index (Phi) is 5.64. The minimum atomic E-state index is -0.236. The van der Waals surface area contributed by atoms with E-state index in [2.05, 4.69) is 22.2 Å². The first-order chi connectivity index (χ1) is 8.58. The average Bonchev–Trinajstić information content (AvgIpc) is 2.72. The summed E-state index contributed by atoms with van der Waals surface area (Å²) in [4.78, 5) is 8.59. The van der Waals surface area contributed by atoms with Crippen LogP contribution in [0.2, 0.25) is 0 Å². The Bertz CT molecular complexity index is 370. The Labute approximate surface area is 108 Å². The van der Waals surface area contributed by atoms with E-state index in [1.807, 2.05) is 6.92 Å². The topological polar surface area (TPSA) is 81.2 Å². The Morgan fingerprint density at radius 2 is 2.28 bits per heavy atom. The molecule has 6 heteroatoms. The van der Waals surface area contributed by atoms with E-state index in [4.69, 9.17) is 15.2 Å². The Balaban J connectivity index is 2.68. The molecule has 1 aliphatic heterocycles. The van der Waals surface area contributed by atoms with Crippen LogP contribution in [-0.2, 0) is 9.47 Å². The van der Waals surface area contributed by atoms with Crippen LogP contribution in [0.3, 0.4) is 0 Å². The first kappa shape index (κ1) is 14.5. The third-order valence-electron chi connectivity index (χ3n) is 2.40. The number of unbranched alkanes of at least 4 members (excludes halogenated alkanes) is 1. The van der Waals surface area contributed by atoms with E-state index in [1.54, 1.807) is 14.0 Å². The van der Waals surface area contributed by atoms with Crippen LogP contribution < -0.4 is 11.1 Å². The van der Waals surface area contributed by atoms with Crippen molar-refractivity contribution in [3.05, 3.63) is 11.4 Å². The molecule has 102 valence electrons. The van der Waals surface area contributed by atoms with Gasteiger partial charge in [-0.25, -0.2) is 4.99 Å². The van der Waals surface area contributed by atoms with Crippen molar-refractivity contribution in [2.75, 3.05) is 13.7 Å². The van der Waals surface area contributed by atoms with Gasteiger partial charge >= 0.3 is 0 Å². The maximum absolute atomic E-state index is 5.76. The van der Waals surface area contributed by atoms with Gasteiger partial charge in [-0.3, -0.25) is 5.32 Å². The summed E-state index contributed by atoms with van der Waals surface area (Å²) in [6.07, 6.45) is 1.90. The lowest BCUT2D eigenvalue weighted by atomic mass is 10.3. The molecule has 0 aromatic carbocycles. The maximum atomic E-state index is 5.76. The quantitative estimate of drug-likeness (QED) is 0.725. The zero-order valence-corrected chi connectivity index (χ0v) is 11.5. The van der Waals surface area contributed by atoms with Crippen molar-refractivity contribution in [1.29, 1.82) is 0 Å². The molecule has 0 amide bonds. The molecule has 0 bridgehead atoms. The summed E-state index contributed by atoms with van der Waals surface area (Å²) in [7, 11) is 1.54. The SMILES string of the molecule is CCCCOC(C)/N=C1/NC(OC)=N/C1=C(/C)N. The van der Waals surface area contributed by atoms with E-state index in [1.165, 1.54) is 0 Å². The maximum Gasteiger partial charge on any atom is 0.295 e.